The maximum Gasteiger partial charge on any atom is 0.410 e. The summed E-state index contributed by atoms with van der Waals surface area (Å²) < 4.78 is 10.5. The molecule has 0 spiro atoms. The van der Waals surface area contributed by atoms with E-state index in [0.717, 1.165) is 19.1 Å². The minimum atomic E-state index is -0.538. The number of nitrogens with zero attached hydrogens (tertiary/aromatic N) is 1. The third kappa shape index (κ3) is 4.73. The van der Waals surface area contributed by atoms with Crippen molar-refractivity contribution >= 4 is 12.4 Å². The summed E-state index contributed by atoms with van der Waals surface area (Å²) >= 11 is 0. The molecule has 1 fully saturated rings. The molecule has 0 radical (unpaired) electrons. The molecule has 0 saturated carbocycles. The number of carbonyl (C=O) groups is 2. The number of rotatable bonds is 3. The Bertz CT molecular complexity index is 266. The summed E-state index contributed by atoms with van der Waals surface area (Å²) in [5.41, 5.74) is -0.538. The van der Waals surface area contributed by atoms with Crippen molar-refractivity contribution < 1.29 is 19.1 Å². The van der Waals surface area contributed by atoms with Gasteiger partial charge in [0.1, 0.15) is 11.9 Å². The van der Waals surface area contributed by atoms with Gasteiger partial charge in [-0.15, -0.1) is 0 Å². The molecule has 0 bridgehead atoms. The van der Waals surface area contributed by atoms with Crippen LogP contribution >= 0.6 is 0 Å². The minimum Gasteiger partial charge on any atom is -0.444 e. The van der Waals surface area contributed by atoms with Gasteiger partial charge in [-0.05, 0) is 33.6 Å². The maximum absolute atomic E-state index is 12.0. The number of aldehydes is 1. The minimum absolute atomic E-state index is 0.0452. The highest BCUT2D eigenvalue weighted by molar-refractivity contribution is 5.72. The van der Waals surface area contributed by atoms with Gasteiger partial charge in [0.15, 0.2) is 0 Å². The van der Waals surface area contributed by atoms with Crippen LogP contribution in [0.3, 0.4) is 0 Å². The molecule has 5 heteroatoms. The fraction of sp³-hybridized carbons (Fsp3) is 0.833. The van der Waals surface area contributed by atoms with Crippen LogP contribution in [0.2, 0.25) is 0 Å². The van der Waals surface area contributed by atoms with Gasteiger partial charge in [-0.2, -0.15) is 0 Å². The molecular formula is C12H21NO4. The van der Waals surface area contributed by atoms with E-state index in [1.807, 2.05) is 20.8 Å². The highest BCUT2D eigenvalue weighted by Crippen LogP contribution is 2.17. The van der Waals surface area contributed by atoms with Crippen LogP contribution in [0.15, 0.2) is 0 Å². The zero-order valence-electron chi connectivity index (χ0n) is 10.8. The molecule has 0 N–H and O–H groups in total. The number of hydrogen-bond donors (Lipinski definition) is 0. The molecule has 0 unspecified atom stereocenters. The summed E-state index contributed by atoms with van der Waals surface area (Å²) in [5.74, 6) is 0. The van der Waals surface area contributed by atoms with Crippen LogP contribution in [0, 0.1) is 0 Å². The zero-order chi connectivity index (χ0) is 12.9. The third-order valence-corrected chi connectivity index (χ3v) is 2.53. The molecule has 0 aliphatic carbocycles. The second kappa shape index (κ2) is 6.00. The molecule has 98 valence electrons. The van der Waals surface area contributed by atoms with Crippen LogP contribution in [0.4, 0.5) is 4.79 Å². The van der Waals surface area contributed by atoms with E-state index in [1.165, 1.54) is 4.90 Å². The van der Waals surface area contributed by atoms with Gasteiger partial charge < -0.3 is 14.3 Å². The summed E-state index contributed by atoms with van der Waals surface area (Å²) in [5, 5.41) is 0. The molecule has 0 aromatic heterocycles. The van der Waals surface area contributed by atoms with E-state index in [-0.39, 0.29) is 12.6 Å². The Kier molecular flexibility index (Phi) is 4.93. The Morgan fingerprint density at radius 1 is 1.41 bits per heavy atom. The van der Waals surface area contributed by atoms with Crippen LogP contribution < -0.4 is 0 Å². The molecule has 17 heavy (non-hydrogen) atoms. The van der Waals surface area contributed by atoms with Crippen LogP contribution in [-0.4, -0.2) is 48.7 Å². The summed E-state index contributed by atoms with van der Waals surface area (Å²) in [6.45, 7) is 6.78. The number of hydrogen-bond acceptors (Lipinski definition) is 4. The van der Waals surface area contributed by atoms with E-state index in [9.17, 15) is 9.59 Å². The van der Waals surface area contributed by atoms with E-state index >= 15 is 0 Å². The molecule has 1 rings (SSSR count). The second-order valence-electron chi connectivity index (χ2n) is 5.14. The standard InChI is InChI=1S/C12H21NO4/c1-12(2,3)17-11(15)13(6-7-14)10-4-8-16-9-5-10/h7,10H,4-6,8-9H2,1-3H3. The zero-order valence-corrected chi connectivity index (χ0v) is 10.8. The van der Waals surface area contributed by atoms with Gasteiger partial charge in [-0.3, -0.25) is 4.90 Å². The molecule has 1 saturated heterocycles. The molecule has 0 atom stereocenters. The van der Waals surface area contributed by atoms with Crippen LogP contribution in [-0.2, 0) is 14.3 Å². The van der Waals surface area contributed by atoms with Crippen molar-refractivity contribution in [3.63, 3.8) is 0 Å². The molecule has 1 amide bonds. The van der Waals surface area contributed by atoms with Crippen LogP contribution in [0.1, 0.15) is 33.6 Å². The SMILES string of the molecule is CC(C)(C)OC(=O)N(CC=O)C1CCOCC1. The van der Waals surface area contributed by atoms with Gasteiger partial charge in [-0.25, -0.2) is 4.79 Å². The number of carbonyl (C=O) groups excluding carboxylic acids is 2. The highest BCUT2D eigenvalue weighted by Gasteiger charge is 2.29. The van der Waals surface area contributed by atoms with Crippen LogP contribution in [0.5, 0.6) is 0 Å². The van der Waals surface area contributed by atoms with Crippen molar-refractivity contribution in [2.24, 2.45) is 0 Å². The predicted molar refractivity (Wildman–Crippen MR) is 62.8 cm³/mol. The number of amides is 1. The van der Waals surface area contributed by atoms with E-state index in [2.05, 4.69) is 0 Å². The quantitative estimate of drug-likeness (QED) is 0.706. The fourth-order valence-electron chi connectivity index (χ4n) is 1.77. The van der Waals surface area contributed by atoms with E-state index in [1.54, 1.807) is 0 Å². The predicted octanol–water partition coefficient (Wildman–Crippen LogP) is 1.60. The maximum atomic E-state index is 12.0. The van der Waals surface area contributed by atoms with E-state index in [4.69, 9.17) is 9.47 Å². The first-order valence-electron chi connectivity index (χ1n) is 5.95. The van der Waals surface area contributed by atoms with Gasteiger partial charge >= 0.3 is 6.09 Å². The van der Waals surface area contributed by atoms with Gasteiger partial charge in [-0.1, -0.05) is 0 Å². The summed E-state index contributed by atoms with van der Waals surface area (Å²) in [6.07, 6.45) is 1.83. The van der Waals surface area contributed by atoms with E-state index < -0.39 is 11.7 Å². The normalized spacial score (nSPS) is 17.6. The second-order valence-corrected chi connectivity index (χ2v) is 5.14. The van der Waals surface area contributed by atoms with Crippen molar-refractivity contribution in [2.45, 2.75) is 45.3 Å². The lowest BCUT2D eigenvalue weighted by atomic mass is 10.1. The first kappa shape index (κ1) is 14.0. The van der Waals surface area contributed by atoms with Crippen molar-refractivity contribution in [3.05, 3.63) is 0 Å². The molecule has 0 aromatic carbocycles. The van der Waals surface area contributed by atoms with Gasteiger partial charge in [0.05, 0.1) is 6.54 Å². The first-order chi connectivity index (χ1) is 7.94. The Hall–Kier alpha value is -1.10. The van der Waals surface area contributed by atoms with Gasteiger partial charge in [0.2, 0.25) is 0 Å². The average molecular weight is 243 g/mol. The lowest BCUT2D eigenvalue weighted by molar-refractivity contribution is -0.110. The lowest BCUT2D eigenvalue weighted by Crippen LogP contribution is -2.46. The monoisotopic (exact) mass is 243 g/mol. The molecule has 1 heterocycles. The smallest absolute Gasteiger partial charge is 0.410 e. The third-order valence-electron chi connectivity index (χ3n) is 2.53. The van der Waals surface area contributed by atoms with Gasteiger partial charge in [0.25, 0.3) is 0 Å². The topological polar surface area (TPSA) is 55.8 Å². The Balaban J connectivity index is 2.63. The largest absolute Gasteiger partial charge is 0.444 e. The van der Waals surface area contributed by atoms with Crippen LogP contribution in [0.25, 0.3) is 0 Å². The highest BCUT2D eigenvalue weighted by atomic mass is 16.6. The summed E-state index contributed by atoms with van der Waals surface area (Å²) in [7, 11) is 0. The van der Waals surface area contributed by atoms with Crippen molar-refractivity contribution in [2.75, 3.05) is 19.8 Å². The Morgan fingerprint density at radius 2 is 2.00 bits per heavy atom. The molecule has 1 aliphatic rings. The first-order valence-corrected chi connectivity index (χ1v) is 5.95. The summed E-state index contributed by atoms with van der Waals surface area (Å²) in [4.78, 5) is 24.1. The Morgan fingerprint density at radius 3 is 2.47 bits per heavy atom. The molecular weight excluding hydrogens is 222 g/mol. The molecule has 1 aliphatic heterocycles. The fourth-order valence-corrected chi connectivity index (χ4v) is 1.77. The summed E-state index contributed by atoms with van der Waals surface area (Å²) in [6, 6.07) is 0.0452. The van der Waals surface area contributed by atoms with Crippen molar-refractivity contribution in [1.82, 2.24) is 4.90 Å². The van der Waals surface area contributed by atoms with Crippen molar-refractivity contribution in [3.8, 4) is 0 Å². The Labute approximate surface area is 102 Å². The van der Waals surface area contributed by atoms with Crippen molar-refractivity contribution in [1.29, 1.82) is 0 Å². The van der Waals surface area contributed by atoms with E-state index in [0.29, 0.717) is 13.2 Å². The van der Waals surface area contributed by atoms with Gasteiger partial charge in [0, 0.05) is 19.3 Å². The average Bonchev–Trinajstić information content (AvgIpc) is 2.24. The molecule has 5 nitrogen and oxygen atoms in total. The molecule has 0 aromatic rings. The number of ether oxygens (including phenoxy) is 2. The lowest BCUT2D eigenvalue weighted by Gasteiger charge is -2.34.